The van der Waals surface area contributed by atoms with E-state index in [0.717, 1.165) is 18.4 Å². The second kappa shape index (κ2) is 6.37. The lowest BCUT2D eigenvalue weighted by atomic mass is 10.3. The van der Waals surface area contributed by atoms with Gasteiger partial charge in [0.1, 0.15) is 17.3 Å². The molecule has 0 radical (unpaired) electrons. The fourth-order valence-corrected chi connectivity index (χ4v) is 3.16. The summed E-state index contributed by atoms with van der Waals surface area (Å²) in [5, 5.41) is 0. The lowest BCUT2D eigenvalue weighted by molar-refractivity contribution is 0.159. The van der Waals surface area contributed by atoms with E-state index in [-0.39, 0.29) is 18.0 Å². The molecule has 0 saturated carbocycles. The van der Waals surface area contributed by atoms with Gasteiger partial charge in [0.25, 0.3) is 0 Å². The minimum absolute atomic E-state index is 0.335. The van der Waals surface area contributed by atoms with Gasteiger partial charge in [-0.15, -0.1) is 0 Å². The van der Waals surface area contributed by atoms with Gasteiger partial charge in [-0.2, -0.15) is 0 Å². The van der Waals surface area contributed by atoms with Gasteiger partial charge in [0.2, 0.25) is 10.0 Å². The van der Waals surface area contributed by atoms with Crippen LogP contribution in [0.1, 0.15) is 0 Å². The molecule has 0 saturated heterocycles. The predicted octanol–water partition coefficient (Wildman–Crippen LogP) is -0.397. The van der Waals surface area contributed by atoms with E-state index in [1.165, 1.54) is 0 Å². The fourth-order valence-electron chi connectivity index (χ4n) is 1.33. The highest BCUT2D eigenvalue weighted by atomic mass is 32.2. The van der Waals surface area contributed by atoms with E-state index in [1.54, 1.807) is 0 Å². The van der Waals surface area contributed by atoms with E-state index in [4.69, 9.17) is 0 Å². The van der Waals surface area contributed by atoms with Crippen molar-refractivity contribution < 1.29 is 30.8 Å². The summed E-state index contributed by atoms with van der Waals surface area (Å²) in [6.45, 7) is -0.685. The van der Waals surface area contributed by atoms with Crippen LogP contribution in [0, 0.1) is 5.82 Å². The highest BCUT2D eigenvalue weighted by Gasteiger charge is 2.21. The van der Waals surface area contributed by atoms with Crippen LogP contribution in [0.3, 0.4) is 0 Å². The molecule has 0 bridgehead atoms. The largest absolute Gasteiger partial charge is 0.448 e. The molecule has 21 heavy (non-hydrogen) atoms. The maximum Gasteiger partial charge on any atom is 0.404 e. The van der Waals surface area contributed by atoms with Gasteiger partial charge < -0.3 is 10.5 Å². The van der Waals surface area contributed by atoms with Crippen molar-refractivity contribution in [2.24, 2.45) is 5.73 Å². The third kappa shape index (κ3) is 4.95. The lowest BCUT2D eigenvalue weighted by Gasteiger charge is -2.09. The molecule has 1 aromatic rings. The van der Waals surface area contributed by atoms with Crippen molar-refractivity contribution in [1.29, 1.82) is 0 Å². The first-order valence-corrected chi connectivity index (χ1v) is 8.83. The number of hydrogen-bond donors (Lipinski definition) is 2. The maximum atomic E-state index is 13.6. The summed E-state index contributed by atoms with van der Waals surface area (Å²) < 4.78 is 66.2. The average molecular weight is 340 g/mol. The number of ether oxygens (including phenoxy) is 1. The first-order valence-electron chi connectivity index (χ1n) is 5.45. The van der Waals surface area contributed by atoms with Gasteiger partial charge in [0.05, 0.1) is 4.90 Å². The molecule has 0 heterocycles. The van der Waals surface area contributed by atoms with Crippen LogP contribution in [-0.2, 0) is 24.6 Å². The Hall–Kier alpha value is -1.72. The van der Waals surface area contributed by atoms with Gasteiger partial charge in [-0.25, -0.2) is 30.7 Å². The Morgan fingerprint density at radius 2 is 1.95 bits per heavy atom. The molecular formula is C10H13FN2O6S2. The van der Waals surface area contributed by atoms with Crippen LogP contribution < -0.4 is 10.5 Å². The molecule has 8 nitrogen and oxygen atoms in total. The Balaban J connectivity index is 3.00. The summed E-state index contributed by atoms with van der Waals surface area (Å²) in [4.78, 5) is 9.15. The van der Waals surface area contributed by atoms with Gasteiger partial charge >= 0.3 is 6.09 Å². The Bertz CT molecular complexity index is 745. The van der Waals surface area contributed by atoms with Crippen LogP contribution in [0.5, 0.6) is 0 Å². The number of hydrogen-bond acceptors (Lipinski definition) is 6. The molecule has 0 aliphatic heterocycles. The number of sulfonamides is 1. The normalized spacial score (nSPS) is 12.1. The topological polar surface area (TPSA) is 133 Å². The van der Waals surface area contributed by atoms with Crippen molar-refractivity contribution in [1.82, 2.24) is 4.72 Å². The van der Waals surface area contributed by atoms with E-state index in [9.17, 15) is 26.0 Å². The molecular weight excluding hydrogens is 327 g/mol. The Labute approximate surface area is 121 Å². The number of sulfone groups is 1. The zero-order chi connectivity index (χ0) is 16.3. The first-order chi connectivity index (χ1) is 9.54. The summed E-state index contributed by atoms with van der Waals surface area (Å²) >= 11 is 0. The van der Waals surface area contributed by atoms with Gasteiger partial charge in [-0.3, -0.25) is 0 Å². The molecule has 11 heteroatoms. The van der Waals surface area contributed by atoms with Gasteiger partial charge in [-0.05, 0) is 18.2 Å². The van der Waals surface area contributed by atoms with Crippen LogP contribution >= 0.6 is 0 Å². The van der Waals surface area contributed by atoms with Crippen molar-refractivity contribution in [3.05, 3.63) is 24.0 Å². The van der Waals surface area contributed by atoms with Crippen molar-refractivity contribution in [2.75, 3.05) is 19.4 Å². The Morgan fingerprint density at radius 1 is 1.33 bits per heavy atom. The SMILES string of the molecule is CS(=O)(=O)c1ccc(F)c(S(=O)(=O)NCCOC(N)=O)c1. The summed E-state index contributed by atoms with van der Waals surface area (Å²) in [6, 6.07) is 2.41. The van der Waals surface area contributed by atoms with Gasteiger partial charge in [-0.1, -0.05) is 0 Å². The van der Waals surface area contributed by atoms with Crippen LogP contribution in [0.25, 0.3) is 0 Å². The molecule has 118 valence electrons. The number of primary amides is 1. The minimum Gasteiger partial charge on any atom is -0.448 e. The van der Waals surface area contributed by atoms with Crippen molar-refractivity contribution in [2.45, 2.75) is 9.79 Å². The number of amides is 1. The third-order valence-corrected chi connectivity index (χ3v) is 4.85. The molecule has 1 aromatic carbocycles. The number of halogens is 1. The molecule has 1 rings (SSSR count). The standard InChI is InChI=1S/C10H13FN2O6S2/c1-20(15,16)7-2-3-8(11)9(6-7)21(17,18)13-4-5-19-10(12)14/h2-3,6,13H,4-5H2,1H3,(H2,12,14). The summed E-state index contributed by atoms with van der Waals surface area (Å²) in [7, 11) is -7.98. The monoisotopic (exact) mass is 340 g/mol. The number of carbonyl (C=O) groups is 1. The summed E-state index contributed by atoms with van der Waals surface area (Å²) in [5.74, 6) is -1.11. The van der Waals surface area contributed by atoms with E-state index in [1.807, 2.05) is 4.72 Å². The second-order valence-electron chi connectivity index (χ2n) is 3.93. The molecule has 0 unspecified atom stereocenters. The molecule has 0 fully saturated rings. The van der Waals surface area contributed by atoms with E-state index < -0.39 is 36.7 Å². The number of carbonyl (C=O) groups excluding carboxylic acids is 1. The first kappa shape index (κ1) is 17.3. The van der Waals surface area contributed by atoms with Crippen LogP contribution in [0.15, 0.2) is 28.0 Å². The molecule has 0 atom stereocenters. The zero-order valence-electron chi connectivity index (χ0n) is 10.9. The van der Waals surface area contributed by atoms with Gasteiger partial charge in [0.15, 0.2) is 9.84 Å². The van der Waals surface area contributed by atoms with Crippen LogP contribution in [-0.4, -0.2) is 42.3 Å². The van der Waals surface area contributed by atoms with E-state index in [0.29, 0.717) is 6.07 Å². The predicted molar refractivity (Wildman–Crippen MR) is 70.2 cm³/mol. The van der Waals surface area contributed by atoms with Gasteiger partial charge in [0, 0.05) is 12.8 Å². The highest BCUT2D eigenvalue weighted by molar-refractivity contribution is 7.91. The Morgan fingerprint density at radius 3 is 2.48 bits per heavy atom. The van der Waals surface area contributed by atoms with Crippen LogP contribution in [0.2, 0.25) is 0 Å². The minimum atomic E-state index is -4.29. The smallest absolute Gasteiger partial charge is 0.404 e. The maximum absolute atomic E-state index is 13.6. The quantitative estimate of drug-likeness (QED) is 0.535. The number of rotatable bonds is 6. The third-order valence-electron chi connectivity index (χ3n) is 2.26. The van der Waals surface area contributed by atoms with E-state index in [2.05, 4.69) is 10.5 Å². The average Bonchev–Trinajstić information content (AvgIpc) is 2.33. The zero-order valence-corrected chi connectivity index (χ0v) is 12.5. The highest BCUT2D eigenvalue weighted by Crippen LogP contribution is 2.19. The number of benzene rings is 1. The van der Waals surface area contributed by atoms with Crippen LogP contribution in [0.4, 0.5) is 9.18 Å². The number of nitrogens with one attached hydrogen (secondary N) is 1. The van der Waals surface area contributed by atoms with Crippen molar-refractivity contribution >= 4 is 26.0 Å². The lowest BCUT2D eigenvalue weighted by Crippen LogP contribution is -2.29. The molecule has 0 aliphatic rings. The summed E-state index contributed by atoms with van der Waals surface area (Å²) in [6.07, 6.45) is -0.218. The number of nitrogens with two attached hydrogens (primary N) is 1. The molecule has 0 spiro atoms. The van der Waals surface area contributed by atoms with Crippen molar-refractivity contribution in [3.8, 4) is 0 Å². The molecule has 3 N–H and O–H groups in total. The summed E-state index contributed by atoms with van der Waals surface area (Å²) in [5.41, 5.74) is 4.68. The Kier molecular flexibility index (Phi) is 5.25. The van der Waals surface area contributed by atoms with Crippen molar-refractivity contribution in [3.63, 3.8) is 0 Å². The molecule has 1 amide bonds. The molecule has 0 aliphatic carbocycles. The fraction of sp³-hybridized carbons (Fsp3) is 0.300. The second-order valence-corrected chi connectivity index (χ2v) is 7.68. The van der Waals surface area contributed by atoms with E-state index >= 15 is 0 Å². The molecule has 0 aromatic heterocycles.